The number of hydrogen-bond acceptors (Lipinski definition) is 4. The van der Waals surface area contributed by atoms with E-state index in [4.69, 9.17) is 9.98 Å². The third-order valence-electron chi connectivity index (χ3n) is 5.01. The molecule has 0 spiro atoms. The molecule has 0 saturated heterocycles. The van der Waals surface area contributed by atoms with E-state index in [0.29, 0.717) is 12.1 Å². The van der Waals surface area contributed by atoms with E-state index in [2.05, 4.69) is 48.5 Å². The lowest BCUT2D eigenvalue weighted by atomic mass is 9.91. The predicted octanol–water partition coefficient (Wildman–Crippen LogP) is 2.88. The first-order valence-corrected chi connectivity index (χ1v) is 8.63. The molecule has 2 unspecified atom stereocenters. The Morgan fingerprint density at radius 2 is 1.32 bits per heavy atom. The van der Waals surface area contributed by atoms with E-state index in [1.807, 2.05) is 0 Å². The Hall–Kier alpha value is -1.58. The third-order valence-corrected chi connectivity index (χ3v) is 5.01. The number of rotatable bonds is 4. The van der Waals surface area contributed by atoms with Crippen molar-refractivity contribution in [2.75, 3.05) is 27.2 Å². The highest BCUT2D eigenvalue weighted by Gasteiger charge is 2.24. The number of aliphatic imine (C=N–C) groups is 2. The zero-order chi connectivity index (χ0) is 15.4. The highest BCUT2D eigenvalue weighted by atomic mass is 15.1. The van der Waals surface area contributed by atoms with Gasteiger partial charge in [0.2, 0.25) is 0 Å². The highest BCUT2D eigenvalue weighted by molar-refractivity contribution is 5.79. The molecule has 4 nitrogen and oxygen atoms in total. The van der Waals surface area contributed by atoms with Gasteiger partial charge in [-0.2, -0.15) is 0 Å². The van der Waals surface area contributed by atoms with Crippen LogP contribution in [0.25, 0.3) is 0 Å². The lowest BCUT2D eigenvalue weighted by molar-refractivity contribution is 0.388. The van der Waals surface area contributed by atoms with E-state index in [0.717, 1.165) is 25.9 Å². The van der Waals surface area contributed by atoms with Gasteiger partial charge in [-0.1, -0.05) is 25.0 Å². The van der Waals surface area contributed by atoms with Crippen LogP contribution in [0.15, 0.2) is 33.5 Å². The Morgan fingerprint density at radius 1 is 0.864 bits per heavy atom. The molecule has 1 fully saturated rings. The Labute approximate surface area is 134 Å². The lowest BCUT2D eigenvalue weighted by Crippen LogP contribution is -2.28. The third kappa shape index (κ3) is 3.60. The van der Waals surface area contributed by atoms with Crippen LogP contribution in [0.3, 0.4) is 0 Å². The SMILES string of the molecule is CN1CCC=C1/C=N/C1CCCCC1/N=C/C1=CCCN1C. The number of nitrogens with zero attached hydrogens (tertiary/aromatic N) is 4. The summed E-state index contributed by atoms with van der Waals surface area (Å²) < 4.78 is 0. The summed E-state index contributed by atoms with van der Waals surface area (Å²) in [6, 6.07) is 0.708. The molecule has 4 heteroatoms. The average molecular weight is 300 g/mol. The predicted molar refractivity (Wildman–Crippen MR) is 93.7 cm³/mol. The summed E-state index contributed by atoms with van der Waals surface area (Å²) in [5, 5.41) is 0. The Bertz CT molecular complexity index is 457. The van der Waals surface area contributed by atoms with Crippen molar-refractivity contribution in [2.45, 2.75) is 50.6 Å². The molecular weight excluding hydrogens is 272 g/mol. The maximum atomic E-state index is 4.88. The van der Waals surface area contributed by atoms with Gasteiger partial charge in [0.15, 0.2) is 0 Å². The summed E-state index contributed by atoms with van der Waals surface area (Å²) in [5.41, 5.74) is 2.54. The van der Waals surface area contributed by atoms with Gasteiger partial charge >= 0.3 is 0 Å². The maximum absolute atomic E-state index is 4.88. The van der Waals surface area contributed by atoms with E-state index < -0.39 is 0 Å². The second-order valence-electron chi connectivity index (χ2n) is 6.65. The molecular formula is C18H28N4. The van der Waals surface area contributed by atoms with Gasteiger partial charge in [-0.25, -0.2) is 0 Å². The molecule has 22 heavy (non-hydrogen) atoms. The van der Waals surface area contributed by atoms with Gasteiger partial charge in [0, 0.05) is 39.6 Å². The molecule has 0 amide bonds. The van der Waals surface area contributed by atoms with E-state index in [1.54, 1.807) is 0 Å². The van der Waals surface area contributed by atoms with Crippen LogP contribution in [0, 0.1) is 0 Å². The molecule has 0 bridgehead atoms. The molecule has 0 aromatic rings. The van der Waals surface area contributed by atoms with Gasteiger partial charge in [0.05, 0.1) is 23.5 Å². The average Bonchev–Trinajstić information content (AvgIpc) is 3.12. The summed E-state index contributed by atoms with van der Waals surface area (Å²) in [6.45, 7) is 2.24. The molecule has 0 aromatic carbocycles. The van der Waals surface area contributed by atoms with Crippen LogP contribution in [0.5, 0.6) is 0 Å². The Kier molecular flexibility index (Phi) is 4.96. The van der Waals surface area contributed by atoms with Crippen LogP contribution >= 0.6 is 0 Å². The van der Waals surface area contributed by atoms with E-state index in [1.165, 1.54) is 37.1 Å². The first-order valence-electron chi connectivity index (χ1n) is 8.63. The van der Waals surface area contributed by atoms with E-state index in [9.17, 15) is 0 Å². The van der Waals surface area contributed by atoms with Crippen molar-refractivity contribution < 1.29 is 0 Å². The fourth-order valence-corrected chi connectivity index (χ4v) is 3.47. The first-order chi connectivity index (χ1) is 10.7. The monoisotopic (exact) mass is 300 g/mol. The van der Waals surface area contributed by atoms with Gasteiger partial charge in [-0.05, 0) is 25.7 Å². The molecule has 2 heterocycles. The highest BCUT2D eigenvalue weighted by Crippen LogP contribution is 2.24. The Morgan fingerprint density at radius 3 is 1.68 bits per heavy atom. The topological polar surface area (TPSA) is 31.2 Å². The number of allylic oxidation sites excluding steroid dienone is 2. The summed E-state index contributed by atoms with van der Waals surface area (Å²) in [7, 11) is 4.29. The van der Waals surface area contributed by atoms with Crippen LogP contribution < -0.4 is 0 Å². The molecule has 3 rings (SSSR count). The second kappa shape index (κ2) is 7.12. The fraction of sp³-hybridized carbons (Fsp3) is 0.667. The second-order valence-corrected chi connectivity index (χ2v) is 6.65. The normalized spacial score (nSPS) is 29.7. The molecule has 120 valence electrons. The van der Waals surface area contributed by atoms with Crippen molar-refractivity contribution in [1.29, 1.82) is 0 Å². The van der Waals surface area contributed by atoms with E-state index >= 15 is 0 Å². The summed E-state index contributed by atoms with van der Waals surface area (Å²) >= 11 is 0. The van der Waals surface area contributed by atoms with Crippen molar-refractivity contribution >= 4 is 12.4 Å². The molecule has 0 aromatic heterocycles. The van der Waals surface area contributed by atoms with Crippen molar-refractivity contribution in [3.8, 4) is 0 Å². The molecule has 2 aliphatic heterocycles. The Balaban J connectivity index is 1.63. The smallest absolute Gasteiger partial charge is 0.0723 e. The molecule has 1 saturated carbocycles. The molecule has 0 radical (unpaired) electrons. The first kappa shape index (κ1) is 15.3. The van der Waals surface area contributed by atoms with Crippen molar-refractivity contribution in [3.05, 3.63) is 23.5 Å². The molecule has 0 N–H and O–H groups in total. The van der Waals surface area contributed by atoms with Gasteiger partial charge in [0.25, 0.3) is 0 Å². The quantitative estimate of drug-likeness (QED) is 0.748. The van der Waals surface area contributed by atoms with E-state index in [-0.39, 0.29) is 0 Å². The van der Waals surface area contributed by atoms with Crippen molar-refractivity contribution in [1.82, 2.24) is 9.80 Å². The summed E-state index contributed by atoms with van der Waals surface area (Å²) in [5.74, 6) is 0. The lowest BCUT2D eigenvalue weighted by Gasteiger charge is -2.26. The largest absolute Gasteiger partial charge is 0.373 e. The standard InChI is InChI=1S/C18H28N4/c1-21-11-5-7-15(21)13-19-17-9-3-4-10-18(17)20-14-16-8-6-12-22(16)2/h7-8,13-14,17-18H,3-6,9-12H2,1-2H3/b19-13+,20-14+. The van der Waals surface area contributed by atoms with Crippen LogP contribution in [-0.4, -0.2) is 61.5 Å². The minimum Gasteiger partial charge on any atom is -0.373 e. The zero-order valence-electron chi connectivity index (χ0n) is 13.9. The van der Waals surface area contributed by atoms with Crippen LogP contribution in [-0.2, 0) is 0 Å². The minimum atomic E-state index is 0.354. The molecule has 2 atom stereocenters. The van der Waals surface area contributed by atoms with Crippen molar-refractivity contribution in [3.63, 3.8) is 0 Å². The molecule has 1 aliphatic carbocycles. The van der Waals surface area contributed by atoms with Gasteiger partial charge in [-0.15, -0.1) is 0 Å². The van der Waals surface area contributed by atoms with Crippen LogP contribution in [0.2, 0.25) is 0 Å². The number of hydrogen-bond donors (Lipinski definition) is 0. The summed E-state index contributed by atoms with van der Waals surface area (Å²) in [4.78, 5) is 14.3. The summed E-state index contributed by atoms with van der Waals surface area (Å²) in [6.07, 6.45) is 15.9. The maximum Gasteiger partial charge on any atom is 0.0723 e. The van der Waals surface area contributed by atoms with Gasteiger partial charge < -0.3 is 9.80 Å². The van der Waals surface area contributed by atoms with Crippen molar-refractivity contribution in [2.24, 2.45) is 9.98 Å². The van der Waals surface area contributed by atoms with Crippen LogP contribution in [0.4, 0.5) is 0 Å². The van der Waals surface area contributed by atoms with Gasteiger partial charge in [0.1, 0.15) is 0 Å². The molecule has 3 aliphatic rings. The zero-order valence-corrected chi connectivity index (χ0v) is 13.9. The minimum absolute atomic E-state index is 0.354. The van der Waals surface area contributed by atoms with Crippen LogP contribution in [0.1, 0.15) is 38.5 Å². The van der Waals surface area contributed by atoms with Gasteiger partial charge in [-0.3, -0.25) is 9.98 Å². The fourth-order valence-electron chi connectivity index (χ4n) is 3.47.